The van der Waals surface area contributed by atoms with E-state index in [4.69, 9.17) is 23.2 Å². The molecule has 0 fully saturated rings. The van der Waals surface area contributed by atoms with Crippen molar-refractivity contribution in [1.29, 1.82) is 0 Å². The van der Waals surface area contributed by atoms with E-state index in [2.05, 4.69) is 15.5 Å². The van der Waals surface area contributed by atoms with Crippen molar-refractivity contribution in [3.8, 4) is 0 Å². The van der Waals surface area contributed by atoms with Crippen molar-refractivity contribution in [1.82, 2.24) is 15.5 Å². The fraction of sp³-hybridized carbons (Fsp3) is 0.333. The van der Waals surface area contributed by atoms with Crippen LogP contribution in [0.1, 0.15) is 24.1 Å². The Bertz CT molecular complexity index is 539. The normalized spacial score (nSPS) is 10.6. The van der Waals surface area contributed by atoms with Crippen LogP contribution in [-0.2, 0) is 17.8 Å². The second-order valence-electron chi connectivity index (χ2n) is 4.06. The largest absolute Gasteiger partial charge is 0.350 e. The Morgan fingerprint density at radius 3 is 2.95 bits per heavy atom. The van der Waals surface area contributed by atoms with E-state index in [0.29, 0.717) is 21.6 Å². The summed E-state index contributed by atoms with van der Waals surface area (Å²) < 4.78 is 1.39. The molecule has 0 saturated heterocycles. The van der Waals surface area contributed by atoms with Crippen LogP contribution in [0, 0.1) is 0 Å². The Morgan fingerprint density at radius 1 is 1.47 bits per heavy atom. The number of carbonyl (C=O) groups excluding carboxylic acids is 1. The zero-order valence-electron chi connectivity index (χ0n) is 10.1. The van der Waals surface area contributed by atoms with Crippen LogP contribution < -0.4 is 5.32 Å². The number of thiophene rings is 1. The van der Waals surface area contributed by atoms with Crippen LogP contribution in [0.4, 0.5) is 0 Å². The Balaban J connectivity index is 1.68. The van der Waals surface area contributed by atoms with Crippen LogP contribution in [0.15, 0.2) is 18.3 Å². The number of halogens is 2. The van der Waals surface area contributed by atoms with Crippen LogP contribution in [0.3, 0.4) is 0 Å². The number of nitrogens with zero attached hydrogens (tertiary/aromatic N) is 1. The van der Waals surface area contributed by atoms with Gasteiger partial charge >= 0.3 is 0 Å². The lowest BCUT2D eigenvalue weighted by molar-refractivity contribution is -0.121. The maximum absolute atomic E-state index is 11.6. The van der Waals surface area contributed by atoms with Crippen LogP contribution in [0.2, 0.25) is 8.67 Å². The summed E-state index contributed by atoms with van der Waals surface area (Å²) in [7, 11) is 0. The number of carbonyl (C=O) groups is 1. The summed E-state index contributed by atoms with van der Waals surface area (Å²) in [5, 5.41) is 9.43. The van der Waals surface area contributed by atoms with Gasteiger partial charge in [0.15, 0.2) is 0 Å². The molecular formula is C12H13Cl2N3OS. The van der Waals surface area contributed by atoms with Gasteiger partial charge in [0.2, 0.25) is 5.91 Å². The Kier molecular flexibility index (Phi) is 5.24. The number of H-pyrrole nitrogens is 1. The molecule has 0 radical (unpaired) electrons. The van der Waals surface area contributed by atoms with E-state index in [-0.39, 0.29) is 5.91 Å². The summed E-state index contributed by atoms with van der Waals surface area (Å²) in [6, 6.07) is 3.68. The van der Waals surface area contributed by atoms with Crippen molar-refractivity contribution in [3.05, 3.63) is 38.3 Å². The lowest BCUT2D eigenvalue weighted by Gasteiger charge is -2.03. The molecular weight excluding hydrogens is 305 g/mol. The molecule has 0 unspecified atom stereocenters. The molecule has 0 spiro atoms. The number of aryl methyl sites for hydroxylation is 1. The average Bonchev–Trinajstić information content (AvgIpc) is 2.97. The molecule has 1 amide bonds. The molecule has 4 nitrogen and oxygen atoms in total. The van der Waals surface area contributed by atoms with Crippen LogP contribution in [-0.4, -0.2) is 16.1 Å². The van der Waals surface area contributed by atoms with E-state index < -0.39 is 0 Å². The van der Waals surface area contributed by atoms with Gasteiger partial charge in [0, 0.05) is 12.6 Å². The molecule has 0 aliphatic rings. The summed E-state index contributed by atoms with van der Waals surface area (Å²) in [6.07, 6.45) is 3.64. The van der Waals surface area contributed by atoms with Gasteiger partial charge in [-0.1, -0.05) is 23.2 Å². The monoisotopic (exact) mass is 317 g/mol. The summed E-state index contributed by atoms with van der Waals surface area (Å²) in [5.74, 6) is 0.0204. The lowest BCUT2D eigenvalue weighted by atomic mass is 10.1. The number of aromatic amines is 1. The highest BCUT2D eigenvalue weighted by molar-refractivity contribution is 7.20. The predicted octanol–water partition coefficient (Wildman–Crippen LogP) is 3.42. The number of hydrogen-bond acceptors (Lipinski definition) is 3. The van der Waals surface area contributed by atoms with Gasteiger partial charge in [-0.15, -0.1) is 11.3 Å². The third-order valence-corrected chi connectivity index (χ3v) is 4.18. The topological polar surface area (TPSA) is 57.8 Å². The van der Waals surface area contributed by atoms with Crippen LogP contribution in [0.5, 0.6) is 0 Å². The predicted molar refractivity (Wildman–Crippen MR) is 77.7 cm³/mol. The van der Waals surface area contributed by atoms with Gasteiger partial charge in [-0.05, 0) is 30.5 Å². The van der Waals surface area contributed by atoms with E-state index in [0.717, 1.165) is 24.1 Å². The quantitative estimate of drug-likeness (QED) is 0.857. The van der Waals surface area contributed by atoms with Crippen molar-refractivity contribution < 1.29 is 4.79 Å². The van der Waals surface area contributed by atoms with Crippen molar-refractivity contribution >= 4 is 40.4 Å². The minimum absolute atomic E-state index is 0.0204. The van der Waals surface area contributed by atoms with Gasteiger partial charge in [-0.2, -0.15) is 5.10 Å². The first-order valence-electron chi connectivity index (χ1n) is 5.84. The highest BCUT2D eigenvalue weighted by Crippen LogP contribution is 2.31. The van der Waals surface area contributed by atoms with Crippen molar-refractivity contribution in [2.45, 2.75) is 25.8 Å². The Hall–Kier alpha value is -1.04. The summed E-state index contributed by atoms with van der Waals surface area (Å²) >= 11 is 13.2. The van der Waals surface area contributed by atoms with Crippen molar-refractivity contribution in [2.24, 2.45) is 0 Å². The molecule has 0 bridgehead atoms. The molecule has 2 rings (SSSR count). The Morgan fingerprint density at radius 2 is 2.32 bits per heavy atom. The molecule has 0 atom stereocenters. The first-order chi connectivity index (χ1) is 9.15. The van der Waals surface area contributed by atoms with E-state index in [1.807, 2.05) is 12.1 Å². The molecule has 2 aromatic heterocycles. The molecule has 0 aliphatic heterocycles. The highest BCUT2D eigenvalue weighted by atomic mass is 35.5. The van der Waals surface area contributed by atoms with Gasteiger partial charge < -0.3 is 5.32 Å². The first kappa shape index (κ1) is 14.4. The van der Waals surface area contributed by atoms with Crippen LogP contribution in [0.25, 0.3) is 0 Å². The van der Waals surface area contributed by atoms with Gasteiger partial charge in [-0.3, -0.25) is 9.89 Å². The standard InChI is InChI=1S/C12H13Cl2N3OS/c13-10-6-8(12(14)19-10)2-1-3-11(18)15-7-9-4-5-16-17-9/h4-6H,1-3,7H2,(H,15,18)(H,16,17). The Labute approximate surface area is 125 Å². The number of amides is 1. The lowest BCUT2D eigenvalue weighted by Crippen LogP contribution is -2.22. The summed E-state index contributed by atoms with van der Waals surface area (Å²) in [6.45, 7) is 0.476. The molecule has 102 valence electrons. The molecule has 2 heterocycles. The van der Waals surface area contributed by atoms with Gasteiger partial charge in [0.25, 0.3) is 0 Å². The molecule has 2 N–H and O–H groups in total. The first-order valence-corrected chi connectivity index (χ1v) is 7.41. The van der Waals surface area contributed by atoms with Crippen molar-refractivity contribution in [2.75, 3.05) is 0 Å². The van der Waals surface area contributed by atoms with E-state index >= 15 is 0 Å². The molecule has 0 aromatic carbocycles. The maximum Gasteiger partial charge on any atom is 0.220 e. The fourth-order valence-corrected chi connectivity index (χ4v) is 3.19. The number of rotatable bonds is 6. The van der Waals surface area contributed by atoms with Crippen LogP contribution >= 0.6 is 34.5 Å². The minimum Gasteiger partial charge on any atom is -0.350 e. The second-order valence-corrected chi connectivity index (χ2v) is 6.35. The third kappa shape index (κ3) is 4.53. The fourth-order valence-electron chi connectivity index (χ4n) is 1.65. The highest BCUT2D eigenvalue weighted by Gasteiger charge is 2.07. The SMILES string of the molecule is O=C(CCCc1cc(Cl)sc1Cl)NCc1ccn[nH]1. The van der Waals surface area contributed by atoms with Gasteiger partial charge in [-0.25, -0.2) is 0 Å². The summed E-state index contributed by atoms with van der Waals surface area (Å²) in [5.41, 5.74) is 1.90. The third-order valence-electron chi connectivity index (χ3n) is 2.61. The summed E-state index contributed by atoms with van der Waals surface area (Å²) in [4.78, 5) is 11.6. The van der Waals surface area contributed by atoms with Gasteiger partial charge in [0.1, 0.15) is 0 Å². The second kappa shape index (κ2) is 6.93. The smallest absolute Gasteiger partial charge is 0.220 e. The molecule has 0 saturated carbocycles. The van der Waals surface area contributed by atoms with E-state index in [1.54, 1.807) is 6.20 Å². The van der Waals surface area contributed by atoms with E-state index in [1.165, 1.54) is 11.3 Å². The van der Waals surface area contributed by atoms with Gasteiger partial charge in [0.05, 0.1) is 20.9 Å². The van der Waals surface area contributed by atoms with E-state index in [9.17, 15) is 4.79 Å². The molecule has 7 heteroatoms. The zero-order valence-corrected chi connectivity index (χ0v) is 12.4. The average molecular weight is 318 g/mol. The number of hydrogen-bond donors (Lipinski definition) is 2. The number of nitrogens with one attached hydrogen (secondary N) is 2. The number of aromatic nitrogens is 2. The molecule has 2 aromatic rings. The van der Waals surface area contributed by atoms with Crippen molar-refractivity contribution in [3.63, 3.8) is 0 Å². The molecule has 19 heavy (non-hydrogen) atoms. The molecule has 0 aliphatic carbocycles. The zero-order chi connectivity index (χ0) is 13.7. The minimum atomic E-state index is 0.0204. The maximum atomic E-state index is 11.6.